The minimum absolute atomic E-state index is 0. The van der Waals surface area contributed by atoms with Gasteiger partial charge in [-0.25, -0.2) is 0 Å². The molecule has 0 fully saturated rings. The standard InChI is InChI=1S/CHO2.Ir/c2-1-3;/h(H,2,3);/q-1;. The molecule has 0 atom stereocenters. The van der Waals surface area contributed by atoms with Crippen molar-refractivity contribution >= 4 is 6.47 Å². The quantitative estimate of drug-likeness (QED) is 0.583. The van der Waals surface area contributed by atoms with Crippen molar-refractivity contribution in [2.75, 3.05) is 0 Å². The maximum atomic E-state index is 8.24. The van der Waals surface area contributed by atoms with Gasteiger partial charge in [0.2, 0.25) is 0 Å². The van der Waals surface area contributed by atoms with E-state index in [1.807, 2.05) is 0 Å². The molecule has 2 nitrogen and oxygen atoms in total. The summed E-state index contributed by atoms with van der Waals surface area (Å²) in [7, 11) is 0. The van der Waals surface area contributed by atoms with Crippen molar-refractivity contribution < 1.29 is 30.0 Å². The van der Waals surface area contributed by atoms with E-state index < -0.39 is 0 Å². The van der Waals surface area contributed by atoms with Crippen molar-refractivity contribution in [3.05, 3.63) is 0 Å². The van der Waals surface area contributed by atoms with E-state index in [1.165, 1.54) is 0 Å². The van der Waals surface area contributed by atoms with Crippen LogP contribution in [0.15, 0.2) is 0 Å². The smallest absolute Gasteiger partial charge is 0 e. The Bertz CT molecular complexity index is 13.5. The van der Waals surface area contributed by atoms with E-state index in [4.69, 9.17) is 9.90 Å². The topological polar surface area (TPSA) is 37.3 Å². The summed E-state index contributed by atoms with van der Waals surface area (Å²) >= 11 is 0. The van der Waals surface area contributed by atoms with Gasteiger partial charge in [-0.3, -0.25) is 0 Å². The van der Waals surface area contributed by atoms with Gasteiger partial charge in [-0.05, 0) is 0 Å². The zero-order valence-electron chi connectivity index (χ0n) is 1.69. The van der Waals surface area contributed by atoms with Crippen molar-refractivity contribution in [2.45, 2.75) is 0 Å². The Kier molecular flexibility index (Phi) is 24.9. The zero-order chi connectivity index (χ0) is 2.71. The molecule has 3 heteroatoms. The summed E-state index contributed by atoms with van der Waals surface area (Å²) < 4.78 is 0. The first kappa shape index (κ1) is 8.92. The van der Waals surface area contributed by atoms with E-state index in [1.54, 1.807) is 0 Å². The molecule has 27 valence electrons. The average molecular weight is 237 g/mol. The third kappa shape index (κ3) is 186. The summed E-state index contributed by atoms with van der Waals surface area (Å²) in [5.74, 6) is 0. The molecule has 1 radical (unpaired) electrons. The fraction of sp³-hybridized carbons (Fsp3) is 0. The van der Waals surface area contributed by atoms with Gasteiger partial charge in [-0.15, -0.1) is 0 Å². The fourth-order valence-corrected chi connectivity index (χ4v) is 0. The van der Waals surface area contributed by atoms with Gasteiger partial charge < -0.3 is 9.90 Å². The van der Waals surface area contributed by atoms with Gasteiger partial charge in [0.1, 0.15) is 0 Å². The summed E-state index contributed by atoms with van der Waals surface area (Å²) in [5.41, 5.74) is 0. The van der Waals surface area contributed by atoms with Gasteiger partial charge in [-0.2, -0.15) is 0 Å². The molecule has 4 heavy (non-hydrogen) atoms. The number of rotatable bonds is 0. The summed E-state index contributed by atoms with van der Waals surface area (Å²) in [6.07, 6.45) is 0. The van der Waals surface area contributed by atoms with Crippen molar-refractivity contribution in [2.24, 2.45) is 0 Å². The average Bonchev–Trinajstić information content (AvgIpc) is 0.918. The van der Waals surface area contributed by atoms with E-state index in [0.717, 1.165) is 0 Å². The van der Waals surface area contributed by atoms with E-state index >= 15 is 0 Å². The largest absolute Gasteiger partial charge is 0.665 e. The van der Waals surface area contributed by atoms with Crippen LogP contribution >= 0.6 is 0 Å². The molecule has 0 aromatic rings. The molecule has 0 bridgehead atoms. The fourth-order valence-electron chi connectivity index (χ4n) is 0. The maximum absolute atomic E-state index is 8.24. The molecule has 0 amide bonds. The molecule has 0 aliphatic heterocycles. The zero-order valence-corrected chi connectivity index (χ0v) is 4.08. The predicted molar refractivity (Wildman–Crippen MR) is 8.32 cm³/mol. The molecule has 0 aliphatic carbocycles. The van der Waals surface area contributed by atoms with Gasteiger partial charge in [0.25, 0.3) is 0 Å². The molecule has 1 N–H and O–H groups in total. The number of aliphatic hydroxyl groups excluding tert-OH is 1. The molecule has 0 saturated carbocycles. The molecule has 0 aliphatic rings. The molecule has 0 rings (SSSR count). The Labute approximate surface area is 37.2 Å². The van der Waals surface area contributed by atoms with Gasteiger partial charge in [0.05, 0.1) is 0 Å². The molecule has 0 saturated heterocycles. The minimum Gasteiger partial charge on any atom is -0.665 e. The molecule has 0 unspecified atom stereocenters. The summed E-state index contributed by atoms with van der Waals surface area (Å²) in [5, 5.41) is 6.76. The predicted octanol–water partition coefficient (Wildman–Crippen LogP) is -0.391. The first-order valence-corrected chi connectivity index (χ1v) is 0.428. The SMILES string of the molecule is O=[C-]O.[Ir]. The van der Waals surface area contributed by atoms with Crippen LogP contribution in [0.3, 0.4) is 0 Å². The van der Waals surface area contributed by atoms with Crippen molar-refractivity contribution in [1.82, 2.24) is 0 Å². The second-order valence-corrected chi connectivity index (χ2v) is 0.0913. The van der Waals surface area contributed by atoms with Crippen LogP contribution in [0.2, 0.25) is 0 Å². The summed E-state index contributed by atoms with van der Waals surface area (Å²) in [4.78, 5) is 8.24. The Hall–Kier alpha value is 0.119. The molecule has 0 aromatic carbocycles. The third-order valence-corrected chi connectivity index (χ3v) is 0. The minimum atomic E-state index is 0. The van der Waals surface area contributed by atoms with E-state index in [0.29, 0.717) is 6.47 Å². The Balaban J connectivity index is 0. The Morgan fingerprint density at radius 3 is 1.75 bits per heavy atom. The van der Waals surface area contributed by atoms with Crippen LogP contribution in [0.4, 0.5) is 0 Å². The van der Waals surface area contributed by atoms with Crippen LogP contribution in [0, 0.1) is 0 Å². The van der Waals surface area contributed by atoms with Crippen molar-refractivity contribution in [3.8, 4) is 0 Å². The second-order valence-electron chi connectivity index (χ2n) is 0.0913. The van der Waals surface area contributed by atoms with Crippen molar-refractivity contribution in [3.63, 3.8) is 0 Å². The second kappa shape index (κ2) is 11.2. The Morgan fingerprint density at radius 2 is 1.75 bits per heavy atom. The normalized spacial score (nSPS) is 3.00. The van der Waals surface area contributed by atoms with E-state index in [2.05, 4.69) is 0 Å². The first-order valence-electron chi connectivity index (χ1n) is 0.428. The monoisotopic (exact) mass is 238 g/mol. The van der Waals surface area contributed by atoms with Gasteiger partial charge >= 0.3 is 0 Å². The van der Waals surface area contributed by atoms with Crippen LogP contribution in [0.1, 0.15) is 0 Å². The van der Waals surface area contributed by atoms with Crippen LogP contribution in [-0.4, -0.2) is 11.6 Å². The first-order chi connectivity index (χ1) is 1.41. The number of hydrogen-bond acceptors (Lipinski definition) is 1. The summed E-state index contributed by atoms with van der Waals surface area (Å²) in [6, 6.07) is 0. The van der Waals surface area contributed by atoms with E-state index in [9.17, 15) is 0 Å². The van der Waals surface area contributed by atoms with Crippen LogP contribution in [-0.2, 0) is 24.9 Å². The summed E-state index contributed by atoms with van der Waals surface area (Å²) in [6.45, 7) is 0.500. The van der Waals surface area contributed by atoms with Gasteiger partial charge in [0, 0.05) is 20.1 Å². The molecule has 0 spiro atoms. The van der Waals surface area contributed by atoms with E-state index in [-0.39, 0.29) is 20.1 Å². The van der Waals surface area contributed by atoms with Crippen LogP contribution in [0.25, 0.3) is 0 Å². The van der Waals surface area contributed by atoms with Gasteiger partial charge in [-0.1, -0.05) is 6.47 Å². The van der Waals surface area contributed by atoms with Gasteiger partial charge in [0.15, 0.2) is 0 Å². The Morgan fingerprint density at radius 1 is 1.75 bits per heavy atom. The molecular formula is CHIrO2-. The number of hydrogen-bond donors (Lipinski definition) is 1. The van der Waals surface area contributed by atoms with Crippen LogP contribution in [0.5, 0.6) is 0 Å². The molecule has 0 aromatic heterocycles. The maximum Gasteiger partial charge on any atom is 0 e. The molecule has 0 heterocycles. The van der Waals surface area contributed by atoms with Crippen LogP contribution < -0.4 is 0 Å². The third-order valence-electron chi connectivity index (χ3n) is 0. The van der Waals surface area contributed by atoms with Crippen molar-refractivity contribution in [1.29, 1.82) is 0 Å². The molecular weight excluding hydrogens is 236 g/mol.